The number of fused-ring (bicyclic) bond motifs is 4. The molecule has 19 heteroatoms. The normalized spacial score (nSPS) is 24.7. The fourth-order valence-electron chi connectivity index (χ4n) is 10.6. The van der Waals surface area contributed by atoms with Gasteiger partial charge < -0.3 is 24.6 Å². The van der Waals surface area contributed by atoms with Gasteiger partial charge in [0.2, 0.25) is 11.8 Å². The van der Waals surface area contributed by atoms with E-state index in [4.69, 9.17) is 14.5 Å². The van der Waals surface area contributed by atoms with Crippen LogP contribution in [0.1, 0.15) is 105 Å². The molecule has 2 N–H and O–H groups in total. The fourth-order valence-corrected chi connectivity index (χ4v) is 10.6. The summed E-state index contributed by atoms with van der Waals surface area (Å²) >= 11 is 0. The number of piperidine rings is 2. The molecule has 2 unspecified atom stereocenters. The molecular weight excluding hydrogens is 829 g/mol. The minimum atomic E-state index is -2.87. The third-order valence-corrected chi connectivity index (χ3v) is 14.1. The molecule has 1 saturated carbocycles. The lowest BCUT2D eigenvalue weighted by atomic mass is 9.81. The lowest BCUT2D eigenvalue weighted by molar-refractivity contribution is -0.135. The van der Waals surface area contributed by atoms with Crippen molar-refractivity contribution in [3.05, 3.63) is 70.2 Å². The first-order valence-corrected chi connectivity index (χ1v) is 22.3. The number of carbonyl (C=O) groups is 3. The van der Waals surface area contributed by atoms with Gasteiger partial charge in [-0.2, -0.15) is 10.2 Å². The number of aromatic nitrogens is 7. The van der Waals surface area contributed by atoms with E-state index in [9.17, 15) is 28.0 Å². The maximum Gasteiger partial charge on any atom is 0.329 e. The molecule has 5 fully saturated rings. The van der Waals surface area contributed by atoms with Crippen molar-refractivity contribution in [3.8, 4) is 11.8 Å². The number of imidazole rings is 1. The predicted octanol–water partition coefficient (Wildman–Crippen LogP) is 4.38. The van der Waals surface area contributed by atoms with Gasteiger partial charge in [-0.05, 0) is 82.4 Å². The number of ether oxygens (including phenoxy) is 2. The summed E-state index contributed by atoms with van der Waals surface area (Å²) in [5.41, 5.74) is 1.62. The van der Waals surface area contributed by atoms with E-state index in [0.29, 0.717) is 40.8 Å². The highest BCUT2D eigenvalue weighted by atomic mass is 19.3. The number of hydrogen-bond acceptors (Lipinski definition) is 11. The average Bonchev–Trinajstić information content (AvgIpc) is 4.15. The fraction of sp³-hybridized carbons (Fsp3) is 0.533. The van der Waals surface area contributed by atoms with Crippen molar-refractivity contribution in [3.63, 3.8) is 0 Å². The predicted molar refractivity (Wildman–Crippen MR) is 230 cm³/mol. The lowest BCUT2D eigenvalue weighted by Gasteiger charge is -2.41. The van der Waals surface area contributed by atoms with Crippen LogP contribution in [0.2, 0.25) is 0 Å². The van der Waals surface area contributed by atoms with Crippen LogP contribution in [0.4, 0.5) is 20.3 Å². The second kappa shape index (κ2) is 17.2. The van der Waals surface area contributed by atoms with E-state index in [2.05, 4.69) is 49.4 Å². The van der Waals surface area contributed by atoms with Crippen molar-refractivity contribution in [2.75, 3.05) is 43.1 Å². The lowest BCUT2D eigenvalue weighted by Crippen LogP contribution is -2.46. The molecular formula is C45H51F2N11O6. The average molecular weight is 880 g/mol. The van der Waals surface area contributed by atoms with E-state index in [1.54, 1.807) is 24.0 Å². The molecule has 2 bridgehead atoms. The number of likely N-dealkylation sites (tertiary alicyclic amines) is 1. The number of nitrogens with one attached hydrogen (secondary N) is 2. The van der Waals surface area contributed by atoms with Crippen LogP contribution in [0.5, 0.6) is 0 Å². The van der Waals surface area contributed by atoms with E-state index in [1.165, 1.54) is 26.0 Å². The van der Waals surface area contributed by atoms with Crippen LogP contribution in [-0.2, 0) is 26.1 Å². The standard InChI is InChI=1S/C45H51F2N11O6/c1-26(54-17-14-31(15-18-54)63-20-4-6-28-5-3-7-35-40(28)53(2)45(62)58(35)36-12-13-38(59)51-44(36)61)27-8-10-29(11-9-27)57-24-34(39(52-57)41(46)47)49-43(60)33-22-48-56-19-16-37(50-42(33)56)55-23-32-21-30(55)25-64-32/h3,5,7,16,19,22,24,26-27,29-32,36,41H,8-15,17-18,20-21,23,25H2,1-2H3,(H,49,60)(H,51,59,61)/t26?,27?,29?,30-,32-,36?/m1/s1. The molecule has 1 aliphatic carbocycles. The number of halogens is 2. The Kier molecular flexibility index (Phi) is 11.3. The quantitative estimate of drug-likeness (QED) is 0.151. The summed E-state index contributed by atoms with van der Waals surface area (Å²) in [5, 5.41) is 13.6. The first-order valence-electron chi connectivity index (χ1n) is 22.3. The van der Waals surface area contributed by atoms with E-state index in [-0.39, 0.29) is 66.6 Å². The number of benzene rings is 1. The first kappa shape index (κ1) is 42.0. The van der Waals surface area contributed by atoms with Gasteiger partial charge in [0, 0.05) is 51.5 Å². The number of rotatable bonds is 10. The Labute approximate surface area is 367 Å². The zero-order chi connectivity index (χ0) is 44.2. The summed E-state index contributed by atoms with van der Waals surface area (Å²) in [4.78, 5) is 60.6. The Hall–Kier alpha value is -5.97. The summed E-state index contributed by atoms with van der Waals surface area (Å²) in [6.45, 7) is 5.68. The highest BCUT2D eigenvalue weighted by Gasteiger charge is 2.40. The third-order valence-electron chi connectivity index (χ3n) is 14.1. The molecule has 4 saturated heterocycles. The highest BCUT2D eigenvalue weighted by Crippen LogP contribution is 2.38. The van der Waals surface area contributed by atoms with Gasteiger partial charge in [-0.15, -0.1) is 0 Å². The summed E-state index contributed by atoms with van der Waals surface area (Å²) in [6, 6.07) is 7.07. The highest BCUT2D eigenvalue weighted by molar-refractivity contribution is 6.08. The summed E-state index contributed by atoms with van der Waals surface area (Å²) in [5.74, 6) is 6.09. The molecule has 336 valence electrons. The second-order valence-corrected chi connectivity index (χ2v) is 17.8. The molecule has 3 amide bonds. The third kappa shape index (κ3) is 7.85. The second-order valence-electron chi connectivity index (χ2n) is 17.8. The van der Waals surface area contributed by atoms with Gasteiger partial charge in [0.05, 0.1) is 59.4 Å². The van der Waals surface area contributed by atoms with Crippen LogP contribution < -0.4 is 21.2 Å². The van der Waals surface area contributed by atoms with Crippen molar-refractivity contribution in [1.82, 2.24) is 43.7 Å². The Morgan fingerprint density at radius 2 is 1.88 bits per heavy atom. The molecule has 0 radical (unpaired) electrons. The summed E-state index contributed by atoms with van der Waals surface area (Å²) in [7, 11) is 1.66. The van der Waals surface area contributed by atoms with Gasteiger partial charge in [-0.1, -0.05) is 17.9 Å². The number of carbonyl (C=O) groups excluding carboxylic acids is 3. The maximum absolute atomic E-state index is 14.3. The molecule has 8 heterocycles. The SMILES string of the molecule is CC(C1CCC(n2cc(NC(=O)c3cnn4ccc(N5C[C@H]6C[C@@H]5CO6)nc34)c(C(F)F)n2)CC1)N1CCC(OCC#Cc2cccc3c2n(C)c(=O)n3C2CCC(=O)NC2=O)CC1. The molecule has 0 spiro atoms. The van der Waals surface area contributed by atoms with Crippen molar-refractivity contribution in [1.29, 1.82) is 0 Å². The van der Waals surface area contributed by atoms with Crippen molar-refractivity contribution < 1.29 is 32.6 Å². The van der Waals surface area contributed by atoms with E-state index in [1.807, 2.05) is 18.2 Å². The molecule has 1 aromatic carbocycles. The van der Waals surface area contributed by atoms with Crippen molar-refractivity contribution in [2.24, 2.45) is 13.0 Å². The number of hydrogen-bond donors (Lipinski definition) is 2. The Morgan fingerprint density at radius 1 is 1.06 bits per heavy atom. The Balaban J connectivity index is 0.712. The molecule has 4 aromatic heterocycles. The number of alkyl halides is 2. The minimum absolute atomic E-state index is 0.0119. The molecule has 17 nitrogen and oxygen atoms in total. The summed E-state index contributed by atoms with van der Waals surface area (Å²) < 4.78 is 46.7. The van der Waals surface area contributed by atoms with Gasteiger partial charge >= 0.3 is 5.69 Å². The Morgan fingerprint density at radius 3 is 2.61 bits per heavy atom. The van der Waals surface area contributed by atoms with Crippen LogP contribution in [-0.4, -0.2) is 113 Å². The van der Waals surface area contributed by atoms with E-state index in [0.717, 1.165) is 70.4 Å². The smallest absolute Gasteiger partial charge is 0.329 e. The molecule has 4 atom stereocenters. The number of morpholine rings is 1. The number of nitrogens with zero attached hydrogens (tertiary/aromatic N) is 9. The number of imide groups is 1. The zero-order valence-electron chi connectivity index (χ0n) is 35.8. The van der Waals surface area contributed by atoms with Gasteiger partial charge in [0.15, 0.2) is 11.3 Å². The monoisotopic (exact) mass is 879 g/mol. The molecule has 5 aliphatic rings. The van der Waals surface area contributed by atoms with Crippen molar-refractivity contribution >= 4 is 45.9 Å². The van der Waals surface area contributed by atoms with Crippen LogP contribution in [0.15, 0.2) is 47.7 Å². The van der Waals surface area contributed by atoms with Gasteiger partial charge in [0.25, 0.3) is 12.3 Å². The van der Waals surface area contributed by atoms with Crippen LogP contribution in [0, 0.1) is 17.8 Å². The number of para-hydroxylation sites is 1. The van der Waals surface area contributed by atoms with Crippen molar-refractivity contribution in [2.45, 2.75) is 108 Å². The molecule has 64 heavy (non-hydrogen) atoms. The summed E-state index contributed by atoms with van der Waals surface area (Å²) in [6.07, 6.45) is 8.65. The van der Waals surface area contributed by atoms with Gasteiger partial charge in [-0.3, -0.25) is 33.5 Å². The van der Waals surface area contributed by atoms with Gasteiger partial charge in [0.1, 0.15) is 24.0 Å². The van der Waals surface area contributed by atoms with Crippen LogP contribution in [0.25, 0.3) is 16.7 Å². The molecule has 4 aliphatic heterocycles. The Bertz CT molecular complexity index is 2730. The number of anilines is 2. The topological polar surface area (TPSA) is 175 Å². The van der Waals surface area contributed by atoms with Crippen LogP contribution in [0.3, 0.4) is 0 Å². The largest absolute Gasteiger partial charge is 0.374 e. The maximum atomic E-state index is 14.3. The molecule has 10 rings (SSSR count). The van der Waals surface area contributed by atoms with E-state index >= 15 is 0 Å². The van der Waals surface area contributed by atoms with E-state index < -0.39 is 30.0 Å². The molecule has 5 aromatic rings. The van der Waals surface area contributed by atoms with Crippen LogP contribution >= 0.6 is 0 Å². The number of aryl methyl sites for hydroxylation is 1. The van der Waals surface area contributed by atoms with Gasteiger partial charge in [-0.25, -0.2) is 23.1 Å². The first-order chi connectivity index (χ1) is 31.0. The minimum Gasteiger partial charge on any atom is -0.374 e. The number of amides is 3. The zero-order valence-corrected chi connectivity index (χ0v) is 35.8.